The molecular formula is C10H20N2O3. The standard InChI is InChI=1S/C10H20N2O3/c1-8(2)7-15-5-4-11-10(14)12-9(3)6-13/h9,13H,1,4-7H2,2-3H3,(H2,11,12,14)/t9-/m0/s1. The molecule has 0 aromatic carbocycles. The molecule has 5 nitrogen and oxygen atoms in total. The maximum absolute atomic E-state index is 11.1. The van der Waals surface area contributed by atoms with E-state index in [0.29, 0.717) is 19.8 Å². The molecule has 15 heavy (non-hydrogen) atoms. The van der Waals surface area contributed by atoms with Crippen LogP contribution in [-0.4, -0.2) is 43.5 Å². The van der Waals surface area contributed by atoms with Gasteiger partial charge in [-0.15, -0.1) is 0 Å². The van der Waals surface area contributed by atoms with Crippen molar-refractivity contribution in [3.63, 3.8) is 0 Å². The Hall–Kier alpha value is -1.07. The van der Waals surface area contributed by atoms with Crippen molar-refractivity contribution < 1.29 is 14.6 Å². The molecule has 1 atom stereocenters. The third-order valence-corrected chi connectivity index (χ3v) is 1.53. The fraction of sp³-hybridized carbons (Fsp3) is 0.700. The van der Waals surface area contributed by atoms with Crippen LogP contribution in [0.3, 0.4) is 0 Å². The van der Waals surface area contributed by atoms with E-state index in [9.17, 15) is 4.79 Å². The van der Waals surface area contributed by atoms with Crippen LogP contribution in [0.15, 0.2) is 12.2 Å². The summed E-state index contributed by atoms with van der Waals surface area (Å²) in [6.45, 7) is 8.62. The van der Waals surface area contributed by atoms with Gasteiger partial charge in [-0.3, -0.25) is 0 Å². The highest BCUT2D eigenvalue weighted by molar-refractivity contribution is 5.74. The van der Waals surface area contributed by atoms with E-state index in [-0.39, 0.29) is 18.7 Å². The van der Waals surface area contributed by atoms with Gasteiger partial charge < -0.3 is 20.5 Å². The van der Waals surface area contributed by atoms with Gasteiger partial charge in [0.2, 0.25) is 0 Å². The summed E-state index contributed by atoms with van der Waals surface area (Å²) in [6, 6.07) is -0.531. The summed E-state index contributed by atoms with van der Waals surface area (Å²) in [5.74, 6) is 0. The summed E-state index contributed by atoms with van der Waals surface area (Å²) in [7, 11) is 0. The number of aliphatic hydroxyl groups is 1. The van der Waals surface area contributed by atoms with Crippen molar-refractivity contribution in [1.29, 1.82) is 0 Å². The van der Waals surface area contributed by atoms with E-state index in [1.165, 1.54) is 0 Å². The third-order valence-electron chi connectivity index (χ3n) is 1.53. The largest absolute Gasteiger partial charge is 0.394 e. The highest BCUT2D eigenvalue weighted by Gasteiger charge is 2.03. The zero-order valence-electron chi connectivity index (χ0n) is 9.38. The highest BCUT2D eigenvalue weighted by atomic mass is 16.5. The average molecular weight is 216 g/mol. The topological polar surface area (TPSA) is 70.6 Å². The Morgan fingerprint density at radius 3 is 2.80 bits per heavy atom. The molecule has 0 heterocycles. The number of urea groups is 1. The summed E-state index contributed by atoms with van der Waals surface area (Å²) in [5.41, 5.74) is 0.952. The van der Waals surface area contributed by atoms with Crippen LogP contribution < -0.4 is 10.6 Å². The van der Waals surface area contributed by atoms with Crippen molar-refractivity contribution in [2.75, 3.05) is 26.4 Å². The van der Waals surface area contributed by atoms with Crippen LogP contribution in [0.2, 0.25) is 0 Å². The molecule has 0 spiro atoms. The zero-order chi connectivity index (χ0) is 11.7. The third kappa shape index (κ3) is 9.24. The van der Waals surface area contributed by atoms with Crippen LogP contribution in [0.4, 0.5) is 4.79 Å². The minimum Gasteiger partial charge on any atom is -0.394 e. The van der Waals surface area contributed by atoms with Gasteiger partial charge >= 0.3 is 6.03 Å². The number of amides is 2. The van der Waals surface area contributed by atoms with Gasteiger partial charge in [-0.05, 0) is 13.8 Å². The van der Waals surface area contributed by atoms with E-state index < -0.39 is 0 Å². The maximum Gasteiger partial charge on any atom is 0.315 e. The summed E-state index contributed by atoms with van der Waals surface area (Å²) >= 11 is 0. The Morgan fingerprint density at radius 1 is 1.60 bits per heavy atom. The van der Waals surface area contributed by atoms with Crippen molar-refractivity contribution in [2.24, 2.45) is 0 Å². The first-order valence-electron chi connectivity index (χ1n) is 4.93. The molecule has 0 radical (unpaired) electrons. The molecule has 0 saturated carbocycles. The molecule has 0 bridgehead atoms. The molecular weight excluding hydrogens is 196 g/mol. The quantitative estimate of drug-likeness (QED) is 0.422. The first kappa shape index (κ1) is 13.9. The predicted molar refractivity (Wildman–Crippen MR) is 58.7 cm³/mol. The zero-order valence-corrected chi connectivity index (χ0v) is 9.38. The van der Waals surface area contributed by atoms with Gasteiger partial charge in [0.15, 0.2) is 0 Å². The minimum atomic E-state index is -0.296. The van der Waals surface area contributed by atoms with Crippen molar-refractivity contribution in [1.82, 2.24) is 10.6 Å². The Morgan fingerprint density at radius 2 is 2.27 bits per heavy atom. The fourth-order valence-electron chi connectivity index (χ4n) is 0.804. The van der Waals surface area contributed by atoms with Crippen LogP contribution in [0.1, 0.15) is 13.8 Å². The minimum absolute atomic E-state index is 0.0699. The summed E-state index contributed by atoms with van der Waals surface area (Å²) in [5, 5.41) is 13.8. The van der Waals surface area contributed by atoms with Crippen LogP contribution in [-0.2, 0) is 4.74 Å². The summed E-state index contributed by atoms with van der Waals surface area (Å²) < 4.78 is 5.19. The molecule has 2 amide bonds. The molecule has 5 heteroatoms. The summed E-state index contributed by atoms with van der Waals surface area (Å²) in [6.07, 6.45) is 0. The van der Waals surface area contributed by atoms with E-state index in [1.807, 2.05) is 6.92 Å². The second-order valence-corrected chi connectivity index (χ2v) is 3.49. The Kier molecular flexibility index (Phi) is 7.67. The fourth-order valence-corrected chi connectivity index (χ4v) is 0.804. The molecule has 0 unspecified atom stereocenters. The number of carbonyl (C=O) groups is 1. The predicted octanol–water partition coefficient (Wildman–Crippen LogP) is 0.259. The number of aliphatic hydroxyl groups excluding tert-OH is 1. The average Bonchev–Trinajstić information content (AvgIpc) is 2.16. The molecule has 0 rings (SSSR count). The second-order valence-electron chi connectivity index (χ2n) is 3.49. The van der Waals surface area contributed by atoms with Gasteiger partial charge in [0, 0.05) is 6.54 Å². The van der Waals surface area contributed by atoms with Crippen molar-refractivity contribution >= 4 is 6.03 Å². The maximum atomic E-state index is 11.1. The van der Waals surface area contributed by atoms with Crippen LogP contribution in [0.25, 0.3) is 0 Å². The Bertz CT molecular complexity index is 207. The van der Waals surface area contributed by atoms with Gasteiger partial charge in [0.25, 0.3) is 0 Å². The van der Waals surface area contributed by atoms with E-state index in [0.717, 1.165) is 5.57 Å². The number of nitrogens with one attached hydrogen (secondary N) is 2. The first-order valence-corrected chi connectivity index (χ1v) is 4.93. The molecule has 0 aliphatic rings. The molecule has 0 aromatic heterocycles. The van der Waals surface area contributed by atoms with Gasteiger partial charge in [0.1, 0.15) is 0 Å². The molecule has 3 N–H and O–H groups in total. The number of hydrogen-bond donors (Lipinski definition) is 3. The monoisotopic (exact) mass is 216 g/mol. The number of rotatable bonds is 7. The Balaban J connectivity index is 3.35. The number of hydrogen-bond acceptors (Lipinski definition) is 3. The SMILES string of the molecule is C=C(C)COCCNC(=O)N[C@@H](C)CO. The number of carbonyl (C=O) groups excluding carboxylic acids is 1. The lowest BCUT2D eigenvalue weighted by atomic mass is 10.4. The normalized spacial score (nSPS) is 11.9. The van der Waals surface area contributed by atoms with Gasteiger partial charge in [0.05, 0.1) is 25.9 Å². The van der Waals surface area contributed by atoms with E-state index in [2.05, 4.69) is 17.2 Å². The lowest BCUT2D eigenvalue weighted by molar-refractivity contribution is 0.157. The lowest BCUT2D eigenvalue weighted by Gasteiger charge is -2.11. The van der Waals surface area contributed by atoms with Gasteiger partial charge in [-0.25, -0.2) is 4.79 Å². The Labute approximate surface area is 90.5 Å². The molecule has 0 aliphatic carbocycles. The number of ether oxygens (including phenoxy) is 1. The van der Waals surface area contributed by atoms with Crippen molar-refractivity contribution in [3.05, 3.63) is 12.2 Å². The molecule has 0 aliphatic heterocycles. The van der Waals surface area contributed by atoms with E-state index in [1.54, 1.807) is 6.92 Å². The molecule has 0 saturated heterocycles. The van der Waals surface area contributed by atoms with Gasteiger partial charge in [-0.2, -0.15) is 0 Å². The van der Waals surface area contributed by atoms with Crippen LogP contribution >= 0.6 is 0 Å². The highest BCUT2D eigenvalue weighted by Crippen LogP contribution is 1.86. The van der Waals surface area contributed by atoms with Crippen LogP contribution in [0.5, 0.6) is 0 Å². The van der Waals surface area contributed by atoms with Crippen molar-refractivity contribution in [3.8, 4) is 0 Å². The smallest absolute Gasteiger partial charge is 0.315 e. The van der Waals surface area contributed by atoms with Crippen LogP contribution in [0, 0.1) is 0 Å². The van der Waals surface area contributed by atoms with E-state index in [4.69, 9.17) is 9.84 Å². The first-order chi connectivity index (χ1) is 7.06. The lowest BCUT2D eigenvalue weighted by Crippen LogP contribution is -2.43. The van der Waals surface area contributed by atoms with E-state index >= 15 is 0 Å². The van der Waals surface area contributed by atoms with Crippen molar-refractivity contribution in [2.45, 2.75) is 19.9 Å². The van der Waals surface area contributed by atoms with Gasteiger partial charge in [-0.1, -0.05) is 12.2 Å². The summed E-state index contributed by atoms with van der Waals surface area (Å²) in [4.78, 5) is 11.1. The molecule has 88 valence electrons. The molecule has 0 fully saturated rings. The second kappa shape index (κ2) is 8.26. The molecule has 0 aromatic rings.